The summed E-state index contributed by atoms with van der Waals surface area (Å²) in [4.78, 5) is 6.86. The number of aliphatic hydroxyl groups excluding tert-OH is 1. The number of hydrogen-bond donors (Lipinski definition) is 1. The molecule has 0 aliphatic heterocycles. The van der Waals surface area contributed by atoms with E-state index >= 15 is 0 Å². The molecular weight excluding hydrogens is 254 g/mol. The second-order valence-corrected chi connectivity index (χ2v) is 7.01. The van der Waals surface area contributed by atoms with Gasteiger partial charge in [-0.1, -0.05) is 5.16 Å². The van der Waals surface area contributed by atoms with Gasteiger partial charge in [-0.15, -0.1) is 0 Å². The van der Waals surface area contributed by atoms with Crippen molar-refractivity contribution in [2.24, 2.45) is 11.8 Å². The Morgan fingerprint density at radius 3 is 2.55 bits per heavy atom. The molecule has 0 amide bonds. The van der Waals surface area contributed by atoms with E-state index in [4.69, 9.17) is 4.52 Å². The molecule has 3 aliphatic rings. The average molecular weight is 277 g/mol. The summed E-state index contributed by atoms with van der Waals surface area (Å²) >= 11 is 0. The summed E-state index contributed by atoms with van der Waals surface area (Å²) in [6.07, 6.45) is 6.80. The first-order valence-corrected chi connectivity index (χ1v) is 7.90. The number of fused-ring (bicyclic) bond motifs is 1. The predicted octanol–water partition coefficient (Wildman–Crippen LogP) is 1.93. The van der Waals surface area contributed by atoms with Gasteiger partial charge in [0.25, 0.3) is 0 Å². The quantitative estimate of drug-likeness (QED) is 0.911. The summed E-state index contributed by atoms with van der Waals surface area (Å²) in [6.45, 7) is 0.756. The Morgan fingerprint density at radius 2 is 1.90 bits per heavy atom. The molecule has 1 heterocycles. The van der Waals surface area contributed by atoms with E-state index in [9.17, 15) is 5.11 Å². The van der Waals surface area contributed by atoms with Crippen LogP contribution in [0.3, 0.4) is 0 Å². The molecule has 0 spiro atoms. The van der Waals surface area contributed by atoms with Crippen molar-refractivity contribution < 1.29 is 9.63 Å². The van der Waals surface area contributed by atoms with Crippen LogP contribution in [-0.4, -0.2) is 39.3 Å². The fraction of sp³-hybridized carbons (Fsp3) is 0.867. The Labute approximate surface area is 119 Å². The van der Waals surface area contributed by atoms with Crippen molar-refractivity contribution in [2.75, 3.05) is 7.05 Å². The van der Waals surface area contributed by atoms with Crippen LogP contribution in [0.5, 0.6) is 0 Å². The van der Waals surface area contributed by atoms with Crippen molar-refractivity contribution in [1.29, 1.82) is 0 Å². The standard InChI is InChI=1S/C15H23N3O2/c1-18(8-14-16-15(17-20-14)9-2-3-9)12-4-10-6-13(19)7-11(10)5-12/h9-13,19H,2-8H2,1H3/t10-,11+,12?,13?. The van der Waals surface area contributed by atoms with Crippen LogP contribution in [0.4, 0.5) is 0 Å². The van der Waals surface area contributed by atoms with E-state index in [0.29, 0.717) is 12.0 Å². The van der Waals surface area contributed by atoms with Crippen LogP contribution >= 0.6 is 0 Å². The van der Waals surface area contributed by atoms with E-state index in [-0.39, 0.29) is 6.10 Å². The first-order valence-electron chi connectivity index (χ1n) is 7.90. The lowest BCUT2D eigenvalue weighted by Crippen LogP contribution is -2.30. The van der Waals surface area contributed by atoms with Crippen LogP contribution in [0.15, 0.2) is 4.52 Å². The molecule has 110 valence electrons. The van der Waals surface area contributed by atoms with E-state index < -0.39 is 0 Å². The summed E-state index contributed by atoms with van der Waals surface area (Å²) in [5, 5.41) is 13.8. The van der Waals surface area contributed by atoms with Crippen LogP contribution in [-0.2, 0) is 6.54 Å². The maximum atomic E-state index is 9.71. The normalized spacial score (nSPS) is 36.8. The number of rotatable bonds is 4. The lowest BCUT2D eigenvalue weighted by atomic mass is 10.0. The van der Waals surface area contributed by atoms with Crippen molar-refractivity contribution in [2.45, 2.75) is 63.1 Å². The Balaban J connectivity index is 1.35. The fourth-order valence-electron chi connectivity index (χ4n) is 4.09. The second-order valence-electron chi connectivity index (χ2n) is 7.01. The second kappa shape index (κ2) is 4.81. The van der Waals surface area contributed by atoms with Gasteiger partial charge in [0.05, 0.1) is 12.6 Å². The Morgan fingerprint density at radius 1 is 1.20 bits per heavy atom. The molecule has 0 radical (unpaired) electrons. The van der Waals surface area contributed by atoms with Gasteiger partial charge in [-0.2, -0.15) is 4.98 Å². The molecule has 3 saturated carbocycles. The van der Waals surface area contributed by atoms with Crippen molar-refractivity contribution in [3.05, 3.63) is 11.7 Å². The van der Waals surface area contributed by atoms with Gasteiger partial charge in [0.1, 0.15) is 0 Å². The molecule has 0 bridgehead atoms. The third-order valence-corrected chi connectivity index (χ3v) is 5.40. The molecule has 4 atom stereocenters. The van der Waals surface area contributed by atoms with Gasteiger partial charge >= 0.3 is 0 Å². The topological polar surface area (TPSA) is 62.4 Å². The zero-order valence-electron chi connectivity index (χ0n) is 12.0. The Bertz CT molecular complexity index is 471. The highest BCUT2D eigenvalue weighted by atomic mass is 16.5. The van der Waals surface area contributed by atoms with E-state index in [1.54, 1.807) is 0 Å². The minimum absolute atomic E-state index is 0.0479. The van der Waals surface area contributed by atoms with Gasteiger partial charge in [0.15, 0.2) is 5.82 Å². The Kier molecular flexibility index (Phi) is 3.07. The van der Waals surface area contributed by atoms with Crippen molar-refractivity contribution in [1.82, 2.24) is 15.0 Å². The van der Waals surface area contributed by atoms with Crippen LogP contribution in [0.1, 0.15) is 56.2 Å². The minimum Gasteiger partial charge on any atom is -0.393 e. The molecule has 4 rings (SSSR count). The first-order chi connectivity index (χ1) is 9.69. The van der Waals surface area contributed by atoms with Gasteiger partial charge in [-0.05, 0) is 57.4 Å². The predicted molar refractivity (Wildman–Crippen MR) is 73.0 cm³/mol. The van der Waals surface area contributed by atoms with Gasteiger partial charge in [0.2, 0.25) is 5.89 Å². The minimum atomic E-state index is -0.0479. The van der Waals surface area contributed by atoms with Crippen molar-refractivity contribution in [3.8, 4) is 0 Å². The molecular formula is C15H23N3O2. The number of aromatic nitrogens is 2. The van der Waals surface area contributed by atoms with Gasteiger partial charge < -0.3 is 9.63 Å². The smallest absolute Gasteiger partial charge is 0.240 e. The summed E-state index contributed by atoms with van der Waals surface area (Å²) < 4.78 is 5.36. The lowest BCUT2D eigenvalue weighted by molar-refractivity contribution is 0.153. The molecule has 0 aromatic carbocycles. The summed E-state index contributed by atoms with van der Waals surface area (Å²) in [5.74, 6) is 3.67. The monoisotopic (exact) mass is 277 g/mol. The molecule has 3 aliphatic carbocycles. The van der Waals surface area contributed by atoms with Crippen molar-refractivity contribution in [3.63, 3.8) is 0 Å². The van der Waals surface area contributed by atoms with Crippen molar-refractivity contribution >= 4 is 0 Å². The third-order valence-electron chi connectivity index (χ3n) is 5.40. The maximum Gasteiger partial charge on any atom is 0.240 e. The van der Waals surface area contributed by atoms with E-state index in [2.05, 4.69) is 22.1 Å². The van der Waals surface area contributed by atoms with Gasteiger partial charge in [0, 0.05) is 12.0 Å². The lowest BCUT2D eigenvalue weighted by Gasteiger charge is -2.23. The number of hydrogen-bond acceptors (Lipinski definition) is 5. The summed E-state index contributed by atoms with van der Waals surface area (Å²) in [6, 6.07) is 0.605. The summed E-state index contributed by atoms with van der Waals surface area (Å²) in [5.41, 5.74) is 0. The largest absolute Gasteiger partial charge is 0.393 e. The highest BCUT2D eigenvalue weighted by Crippen LogP contribution is 2.45. The highest BCUT2D eigenvalue weighted by Gasteiger charge is 2.42. The third kappa shape index (κ3) is 2.37. The summed E-state index contributed by atoms with van der Waals surface area (Å²) in [7, 11) is 2.16. The van der Waals surface area contributed by atoms with Crippen LogP contribution in [0.25, 0.3) is 0 Å². The molecule has 3 fully saturated rings. The number of aliphatic hydroxyl groups is 1. The zero-order valence-corrected chi connectivity index (χ0v) is 12.0. The molecule has 2 unspecified atom stereocenters. The molecule has 0 saturated heterocycles. The molecule has 1 N–H and O–H groups in total. The molecule has 1 aromatic heterocycles. The zero-order chi connectivity index (χ0) is 13.7. The molecule has 20 heavy (non-hydrogen) atoms. The van der Waals surface area contributed by atoms with Crippen LogP contribution in [0, 0.1) is 11.8 Å². The molecule has 5 nitrogen and oxygen atoms in total. The Hall–Kier alpha value is -0.940. The maximum absolute atomic E-state index is 9.71. The highest BCUT2D eigenvalue weighted by molar-refractivity contribution is 5.03. The van der Waals surface area contributed by atoms with Crippen LogP contribution in [0.2, 0.25) is 0 Å². The van der Waals surface area contributed by atoms with Gasteiger partial charge in [-0.3, -0.25) is 4.90 Å². The van der Waals surface area contributed by atoms with E-state index in [1.807, 2.05) is 0 Å². The number of nitrogens with zero attached hydrogens (tertiary/aromatic N) is 3. The van der Waals surface area contributed by atoms with Crippen LogP contribution < -0.4 is 0 Å². The van der Waals surface area contributed by atoms with Gasteiger partial charge in [-0.25, -0.2) is 0 Å². The van der Waals surface area contributed by atoms with E-state index in [0.717, 1.165) is 42.9 Å². The fourth-order valence-corrected chi connectivity index (χ4v) is 4.09. The van der Waals surface area contributed by atoms with E-state index in [1.165, 1.54) is 25.7 Å². The first kappa shape index (κ1) is 12.8. The average Bonchev–Trinajstić information content (AvgIpc) is 2.86. The SMILES string of the molecule is CN(Cc1nc(C2CC2)no1)C1C[C@H]2CC(O)C[C@H]2C1. The molecule has 1 aromatic rings. The molecule has 5 heteroatoms.